The summed E-state index contributed by atoms with van der Waals surface area (Å²) in [6.45, 7) is 2.26. The van der Waals surface area contributed by atoms with Crippen molar-refractivity contribution in [3.8, 4) is 0 Å². The van der Waals surface area contributed by atoms with Gasteiger partial charge in [-0.2, -0.15) is 0 Å². The molecule has 0 amide bonds. The van der Waals surface area contributed by atoms with Gasteiger partial charge < -0.3 is 11.1 Å². The highest BCUT2D eigenvalue weighted by Crippen LogP contribution is 2.28. The smallest absolute Gasteiger partial charge is 0.135 e. The zero-order chi connectivity index (χ0) is 13.1. The highest BCUT2D eigenvalue weighted by atomic mass is 32.1. The van der Waals surface area contributed by atoms with E-state index in [1.807, 2.05) is 6.07 Å². The lowest BCUT2D eigenvalue weighted by Gasteiger charge is -2.29. The topological polar surface area (TPSA) is 38.0 Å². The van der Waals surface area contributed by atoms with Crippen molar-refractivity contribution in [1.82, 2.24) is 0 Å². The van der Waals surface area contributed by atoms with Gasteiger partial charge in [0.15, 0.2) is 0 Å². The van der Waals surface area contributed by atoms with Crippen molar-refractivity contribution < 1.29 is 4.39 Å². The van der Waals surface area contributed by atoms with Crippen LogP contribution in [-0.2, 0) is 0 Å². The summed E-state index contributed by atoms with van der Waals surface area (Å²) in [6, 6.07) is 5.31. The Morgan fingerprint density at radius 2 is 2.22 bits per heavy atom. The molecule has 98 valence electrons. The van der Waals surface area contributed by atoms with Crippen LogP contribution in [0.4, 0.5) is 10.1 Å². The predicted octanol–water partition coefficient (Wildman–Crippen LogP) is 3.45. The van der Waals surface area contributed by atoms with Crippen LogP contribution in [0.2, 0.25) is 0 Å². The lowest BCUT2D eigenvalue weighted by molar-refractivity contribution is 0.358. The van der Waals surface area contributed by atoms with Gasteiger partial charge in [0.25, 0.3) is 0 Å². The number of thiocarbonyl (C=S) groups is 1. The summed E-state index contributed by atoms with van der Waals surface area (Å²) in [7, 11) is 0. The van der Waals surface area contributed by atoms with Gasteiger partial charge >= 0.3 is 0 Å². The van der Waals surface area contributed by atoms with Crippen LogP contribution < -0.4 is 11.1 Å². The van der Waals surface area contributed by atoms with Crippen molar-refractivity contribution in [3.63, 3.8) is 0 Å². The molecular weight excluding hydrogens is 247 g/mol. The first kappa shape index (κ1) is 13.3. The standard InChI is InChI=1S/C14H19FN2S/c1-9-4-2-5-10(8-9)17-12-7-3-6-11(15)13(12)14(16)18/h3,6-7,9-10,17H,2,4-5,8H2,1H3,(H2,16,18). The van der Waals surface area contributed by atoms with E-state index in [2.05, 4.69) is 12.2 Å². The fraction of sp³-hybridized carbons (Fsp3) is 0.500. The molecule has 2 unspecified atom stereocenters. The number of halogens is 1. The van der Waals surface area contributed by atoms with Crippen LogP contribution in [0.1, 0.15) is 38.2 Å². The minimum atomic E-state index is -0.351. The van der Waals surface area contributed by atoms with Crippen molar-refractivity contribution in [1.29, 1.82) is 0 Å². The molecular formula is C14H19FN2S. The first-order chi connectivity index (χ1) is 8.58. The fourth-order valence-corrected chi connectivity index (χ4v) is 2.89. The Labute approximate surface area is 113 Å². The average Bonchev–Trinajstić information content (AvgIpc) is 2.28. The second kappa shape index (κ2) is 5.65. The molecule has 1 aliphatic rings. The summed E-state index contributed by atoms with van der Waals surface area (Å²) in [5, 5.41) is 3.39. The number of nitrogens with two attached hydrogens (primary N) is 1. The average molecular weight is 266 g/mol. The summed E-state index contributed by atoms with van der Waals surface area (Å²) in [5.41, 5.74) is 6.66. The lowest BCUT2D eigenvalue weighted by atomic mass is 9.87. The number of nitrogens with one attached hydrogen (secondary N) is 1. The van der Waals surface area contributed by atoms with Gasteiger partial charge in [0, 0.05) is 11.7 Å². The molecule has 1 saturated carbocycles. The predicted molar refractivity (Wildman–Crippen MR) is 77.3 cm³/mol. The molecule has 2 nitrogen and oxygen atoms in total. The molecule has 0 radical (unpaired) electrons. The van der Waals surface area contributed by atoms with Gasteiger partial charge in [-0.25, -0.2) is 4.39 Å². The normalized spacial score (nSPS) is 23.7. The van der Waals surface area contributed by atoms with Gasteiger partial charge in [-0.1, -0.05) is 38.0 Å². The van der Waals surface area contributed by atoms with E-state index in [1.165, 1.54) is 18.9 Å². The van der Waals surface area contributed by atoms with Crippen LogP contribution in [0, 0.1) is 11.7 Å². The largest absolute Gasteiger partial charge is 0.389 e. The molecule has 0 aliphatic heterocycles. The maximum atomic E-state index is 13.7. The summed E-state index contributed by atoms with van der Waals surface area (Å²) in [6.07, 6.45) is 4.74. The zero-order valence-electron chi connectivity index (χ0n) is 10.6. The van der Waals surface area contributed by atoms with Crippen LogP contribution in [0.25, 0.3) is 0 Å². The second-order valence-corrected chi connectivity index (χ2v) is 5.58. The number of benzene rings is 1. The van der Waals surface area contributed by atoms with Crippen molar-refractivity contribution in [2.75, 3.05) is 5.32 Å². The molecule has 4 heteroatoms. The molecule has 0 bridgehead atoms. The quantitative estimate of drug-likeness (QED) is 0.823. The lowest BCUT2D eigenvalue weighted by Crippen LogP contribution is -2.27. The van der Waals surface area contributed by atoms with Crippen LogP contribution in [-0.4, -0.2) is 11.0 Å². The summed E-state index contributed by atoms with van der Waals surface area (Å²) in [4.78, 5) is 0.111. The Morgan fingerprint density at radius 1 is 1.44 bits per heavy atom. The maximum absolute atomic E-state index is 13.7. The van der Waals surface area contributed by atoms with Crippen molar-refractivity contribution in [2.45, 2.75) is 38.6 Å². The van der Waals surface area contributed by atoms with Crippen molar-refractivity contribution in [2.24, 2.45) is 11.7 Å². The van der Waals surface area contributed by atoms with Gasteiger partial charge in [-0.15, -0.1) is 0 Å². The molecule has 1 aromatic carbocycles. The summed E-state index contributed by atoms with van der Waals surface area (Å²) >= 11 is 4.93. The zero-order valence-corrected chi connectivity index (χ0v) is 11.4. The molecule has 1 aromatic rings. The Bertz CT molecular complexity index is 447. The van der Waals surface area contributed by atoms with Crippen LogP contribution in [0.5, 0.6) is 0 Å². The SMILES string of the molecule is CC1CCCC(Nc2cccc(F)c2C(N)=S)C1. The molecule has 3 N–H and O–H groups in total. The Morgan fingerprint density at radius 3 is 2.89 bits per heavy atom. The highest BCUT2D eigenvalue weighted by molar-refractivity contribution is 7.80. The van der Waals surface area contributed by atoms with Crippen LogP contribution in [0.3, 0.4) is 0 Å². The van der Waals surface area contributed by atoms with E-state index < -0.39 is 0 Å². The minimum Gasteiger partial charge on any atom is -0.389 e. The van der Waals surface area contributed by atoms with E-state index in [0.29, 0.717) is 11.6 Å². The number of anilines is 1. The van der Waals surface area contributed by atoms with Gasteiger partial charge in [-0.3, -0.25) is 0 Å². The monoisotopic (exact) mass is 266 g/mol. The minimum absolute atomic E-state index is 0.111. The Hall–Kier alpha value is -1.16. The van der Waals surface area contributed by atoms with E-state index in [1.54, 1.807) is 6.07 Å². The first-order valence-corrected chi connectivity index (χ1v) is 6.83. The van der Waals surface area contributed by atoms with E-state index in [4.69, 9.17) is 18.0 Å². The van der Waals surface area contributed by atoms with E-state index in [0.717, 1.165) is 24.4 Å². The Kier molecular flexibility index (Phi) is 4.17. The third-order valence-corrected chi connectivity index (χ3v) is 3.76. The molecule has 1 fully saturated rings. The number of rotatable bonds is 3. The third kappa shape index (κ3) is 2.99. The van der Waals surface area contributed by atoms with E-state index in [-0.39, 0.29) is 10.8 Å². The van der Waals surface area contributed by atoms with Crippen LogP contribution >= 0.6 is 12.2 Å². The van der Waals surface area contributed by atoms with Crippen molar-refractivity contribution >= 4 is 22.9 Å². The van der Waals surface area contributed by atoms with Crippen molar-refractivity contribution in [3.05, 3.63) is 29.6 Å². The molecule has 0 heterocycles. The maximum Gasteiger partial charge on any atom is 0.135 e. The van der Waals surface area contributed by atoms with Gasteiger partial charge in [0.2, 0.25) is 0 Å². The van der Waals surface area contributed by atoms with E-state index >= 15 is 0 Å². The first-order valence-electron chi connectivity index (χ1n) is 6.42. The van der Waals surface area contributed by atoms with E-state index in [9.17, 15) is 4.39 Å². The summed E-state index contributed by atoms with van der Waals surface area (Å²) in [5.74, 6) is 0.370. The van der Waals surface area contributed by atoms with Crippen LogP contribution in [0.15, 0.2) is 18.2 Å². The number of hydrogen-bond donors (Lipinski definition) is 2. The van der Waals surface area contributed by atoms with Gasteiger partial charge in [-0.05, 0) is 30.9 Å². The molecule has 0 saturated heterocycles. The molecule has 2 rings (SSSR count). The summed E-state index contributed by atoms with van der Waals surface area (Å²) < 4.78 is 13.7. The molecule has 0 aromatic heterocycles. The third-order valence-electron chi connectivity index (χ3n) is 3.56. The second-order valence-electron chi connectivity index (χ2n) is 5.14. The fourth-order valence-electron chi connectivity index (χ4n) is 2.68. The van der Waals surface area contributed by atoms with Gasteiger partial charge in [0.1, 0.15) is 10.8 Å². The van der Waals surface area contributed by atoms with Gasteiger partial charge in [0.05, 0.1) is 5.56 Å². The highest BCUT2D eigenvalue weighted by Gasteiger charge is 2.20. The molecule has 18 heavy (non-hydrogen) atoms. The molecule has 1 aliphatic carbocycles. The molecule has 2 atom stereocenters. The number of hydrogen-bond acceptors (Lipinski definition) is 2. The molecule has 0 spiro atoms. The Balaban J connectivity index is 2.18.